The van der Waals surface area contributed by atoms with Gasteiger partial charge in [-0.2, -0.15) is 8.42 Å². The van der Waals surface area contributed by atoms with Crippen LogP contribution in [-0.4, -0.2) is 22.5 Å². The molecule has 0 saturated carbocycles. The number of benzene rings is 3. The Morgan fingerprint density at radius 1 is 0.900 bits per heavy atom. The third kappa shape index (κ3) is 2.38. The van der Waals surface area contributed by atoms with Gasteiger partial charge >= 0.3 is 0 Å². The number of hydrogen-bond donors (Lipinski definition) is 2. The van der Waals surface area contributed by atoms with Gasteiger partial charge in [-0.25, -0.2) is 0 Å². The van der Waals surface area contributed by atoms with Gasteiger partial charge in [-0.1, -0.05) is 18.2 Å². The summed E-state index contributed by atoms with van der Waals surface area (Å²) >= 11 is 0. The monoisotopic (exact) mass is 420 g/mol. The summed E-state index contributed by atoms with van der Waals surface area (Å²) in [4.78, 5) is 29.2. The topological polar surface area (TPSA) is 109 Å². The highest BCUT2D eigenvalue weighted by atomic mass is 32.2. The Kier molecular flexibility index (Phi) is 3.71. The van der Waals surface area contributed by atoms with E-state index in [1.165, 1.54) is 12.1 Å². The number of hydrogen-bond acceptors (Lipinski definition) is 4. The van der Waals surface area contributed by atoms with Crippen molar-refractivity contribution in [1.29, 1.82) is 0 Å². The minimum Gasteiger partial charge on any atom is -0.354 e. The van der Waals surface area contributed by atoms with Gasteiger partial charge in [-0.15, -0.1) is 0 Å². The molecule has 0 radical (unpaired) electrons. The van der Waals surface area contributed by atoms with Crippen molar-refractivity contribution in [1.82, 2.24) is 9.55 Å². The predicted octanol–water partition coefficient (Wildman–Crippen LogP) is 3.24. The molecule has 7 nitrogen and oxygen atoms in total. The van der Waals surface area contributed by atoms with Crippen molar-refractivity contribution in [2.24, 2.45) is 7.05 Å². The van der Waals surface area contributed by atoms with Gasteiger partial charge in [-0.3, -0.25) is 14.1 Å². The van der Waals surface area contributed by atoms with Gasteiger partial charge in [0.25, 0.3) is 10.1 Å². The van der Waals surface area contributed by atoms with Crippen molar-refractivity contribution in [2.45, 2.75) is 11.8 Å². The molecule has 2 N–H and O–H groups in total. The number of para-hydroxylation sites is 1. The number of aryl methyl sites for hydroxylation is 2. The van der Waals surface area contributed by atoms with E-state index in [0.717, 1.165) is 5.52 Å². The molecule has 8 heteroatoms. The number of nitrogens with zero attached hydrogens (tertiary/aromatic N) is 1. The second kappa shape index (κ2) is 6.01. The van der Waals surface area contributed by atoms with Crippen LogP contribution in [-0.2, 0) is 17.2 Å². The van der Waals surface area contributed by atoms with Gasteiger partial charge < -0.3 is 9.55 Å². The van der Waals surface area contributed by atoms with Gasteiger partial charge in [0.1, 0.15) is 4.90 Å². The third-order valence-electron chi connectivity index (χ3n) is 5.66. The zero-order valence-corrected chi connectivity index (χ0v) is 16.9. The third-order valence-corrected chi connectivity index (χ3v) is 6.56. The molecule has 150 valence electrons. The molecule has 30 heavy (non-hydrogen) atoms. The first-order valence-corrected chi connectivity index (χ1v) is 10.6. The Balaban J connectivity index is 2.11. The fourth-order valence-electron chi connectivity index (χ4n) is 4.38. The normalized spacial score (nSPS) is 12.4. The number of nitrogens with one attached hydrogen (secondary N) is 1. The van der Waals surface area contributed by atoms with Crippen LogP contribution in [0.1, 0.15) is 5.56 Å². The van der Waals surface area contributed by atoms with Crippen LogP contribution < -0.4 is 10.9 Å². The lowest BCUT2D eigenvalue weighted by Gasteiger charge is -2.15. The first-order chi connectivity index (χ1) is 14.2. The highest BCUT2D eigenvalue weighted by Crippen LogP contribution is 2.28. The number of aromatic amines is 1. The molecule has 0 fully saturated rings. The second-order valence-corrected chi connectivity index (χ2v) is 8.72. The highest BCUT2D eigenvalue weighted by Gasteiger charge is 2.21. The van der Waals surface area contributed by atoms with Crippen LogP contribution in [0.3, 0.4) is 0 Å². The lowest BCUT2D eigenvalue weighted by atomic mass is 10.00. The summed E-state index contributed by atoms with van der Waals surface area (Å²) < 4.78 is 35.1. The van der Waals surface area contributed by atoms with E-state index in [2.05, 4.69) is 4.98 Å². The van der Waals surface area contributed by atoms with Crippen molar-refractivity contribution < 1.29 is 13.0 Å². The minimum atomic E-state index is -4.59. The summed E-state index contributed by atoms with van der Waals surface area (Å²) in [6.07, 6.45) is 0. The van der Waals surface area contributed by atoms with Gasteiger partial charge in [0.05, 0.1) is 32.8 Å². The van der Waals surface area contributed by atoms with E-state index < -0.39 is 20.4 Å². The lowest BCUT2D eigenvalue weighted by Crippen LogP contribution is -2.14. The molecule has 0 spiro atoms. The first kappa shape index (κ1) is 18.5. The van der Waals surface area contributed by atoms with E-state index >= 15 is 0 Å². The summed E-state index contributed by atoms with van der Waals surface area (Å²) in [5.41, 5.74) is 1.91. The molecule has 0 unspecified atom stereocenters. The fraction of sp³-hybridized carbons (Fsp3) is 0.0909. The van der Waals surface area contributed by atoms with Gasteiger partial charge in [0.2, 0.25) is 0 Å². The average molecular weight is 420 g/mol. The van der Waals surface area contributed by atoms with Gasteiger partial charge in [0.15, 0.2) is 10.9 Å². The van der Waals surface area contributed by atoms with E-state index in [9.17, 15) is 22.6 Å². The number of aromatic nitrogens is 2. The molecule has 0 bridgehead atoms. The van der Waals surface area contributed by atoms with E-state index in [1.54, 1.807) is 31.2 Å². The van der Waals surface area contributed by atoms with Crippen molar-refractivity contribution in [3.8, 4) is 0 Å². The minimum absolute atomic E-state index is 0.110. The maximum absolute atomic E-state index is 13.4. The summed E-state index contributed by atoms with van der Waals surface area (Å²) in [6.45, 7) is 1.73. The maximum Gasteiger partial charge on any atom is 0.295 e. The average Bonchev–Trinajstić information content (AvgIpc) is 2.70. The standard InChI is InChI=1S/C22H16N2O5S/c1-11-18-15(23-14-7-5-9-17(30(27,28)29)19(14)22(18)26)10-13-20(11)24(2)16-8-4-3-6-12(16)21(13)25/h3-10H,1-2H3,(H,23,26)(H,27,28,29). The first-order valence-electron chi connectivity index (χ1n) is 9.17. The number of fused-ring (bicyclic) bond motifs is 4. The summed E-state index contributed by atoms with van der Waals surface area (Å²) in [7, 11) is -2.77. The zero-order valence-electron chi connectivity index (χ0n) is 16.1. The fourth-order valence-corrected chi connectivity index (χ4v) is 5.09. The molecule has 5 aromatic rings. The van der Waals surface area contributed by atoms with Crippen LogP contribution in [0, 0.1) is 6.92 Å². The number of H-pyrrole nitrogens is 1. The van der Waals surface area contributed by atoms with Crippen LogP contribution in [0.2, 0.25) is 0 Å². The summed E-state index contributed by atoms with van der Waals surface area (Å²) in [6, 6.07) is 13.1. The van der Waals surface area contributed by atoms with E-state index in [0.29, 0.717) is 27.4 Å². The molecule has 0 saturated heterocycles. The molecule has 5 rings (SSSR count). The molecule has 2 aromatic heterocycles. The maximum atomic E-state index is 13.4. The lowest BCUT2D eigenvalue weighted by molar-refractivity contribution is 0.484. The van der Waals surface area contributed by atoms with Gasteiger partial charge in [0, 0.05) is 17.8 Å². The van der Waals surface area contributed by atoms with Crippen LogP contribution in [0.25, 0.3) is 43.6 Å². The molecule has 0 aliphatic heterocycles. The van der Waals surface area contributed by atoms with E-state index in [4.69, 9.17) is 0 Å². The van der Waals surface area contributed by atoms with Crippen molar-refractivity contribution in [3.63, 3.8) is 0 Å². The van der Waals surface area contributed by atoms with Crippen LogP contribution >= 0.6 is 0 Å². The molecular weight excluding hydrogens is 404 g/mol. The Morgan fingerprint density at radius 2 is 1.63 bits per heavy atom. The zero-order chi connectivity index (χ0) is 21.4. The smallest absolute Gasteiger partial charge is 0.295 e. The molecule has 0 aliphatic rings. The molecular formula is C22H16N2O5S. The Morgan fingerprint density at radius 3 is 2.37 bits per heavy atom. The quantitative estimate of drug-likeness (QED) is 0.320. The molecule has 0 amide bonds. The molecule has 2 heterocycles. The van der Waals surface area contributed by atoms with E-state index in [1.807, 2.05) is 23.7 Å². The number of pyridine rings is 2. The Bertz CT molecular complexity index is 1780. The molecule has 0 aliphatic carbocycles. The predicted molar refractivity (Wildman–Crippen MR) is 117 cm³/mol. The largest absolute Gasteiger partial charge is 0.354 e. The summed E-state index contributed by atoms with van der Waals surface area (Å²) in [5, 5.41) is 1.20. The van der Waals surface area contributed by atoms with Crippen molar-refractivity contribution >= 4 is 53.7 Å². The SMILES string of the molecule is Cc1c2c(=O)c3c(S(=O)(=O)O)cccc3[nH]c2cc2c(=O)c3ccccc3n(C)c12. The molecule has 0 atom stereocenters. The summed E-state index contributed by atoms with van der Waals surface area (Å²) in [5.74, 6) is 0. The Hall–Kier alpha value is -3.49. The highest BCUT2D eigenvalue weighted by molar-refractivity contribution is 7.86. The van der Waals surface area contributed by atoms with Crippen molar-refractivity contribution in [2.75, 3.05) is 0 Å². The Labute approximate surface area is 169 Å². The van der Waals surface area contributed by atoms with Crippen molar-refractivity contribution in [3.05, 3.63) is 74.5 Å². The van der Waals surface area contributed by atoms with Crippen LogP contribution in [0.5, 0.6) is 0 Å². The number of rotatable bonds is 1. The second-order valence-electron chi connectivity index (χ2n) is 7.33. The molecule has 3 aromatic carbocycles. The van der Waals surface area contributed by atoms with Crippen LogP contribution in [0.4, 0.5) is 0 Å². The van der Waals surface area contributed by atoms with Gasteiger partial charge in [-0.05, 0) is 42.8 Å². The van der Waals surface area contributed by atoms with Crippen LogP contribution in [0.15, 0.2) is 63.0 Å². The van der Waals surface area contributed by atoms with E-state index in [-0.39, 0.29) is 21.7 Å².